The lowest BCUT2D eigenvalue weighted by Crippen LogP contribution is -2.19. The van der Waals surface area contributed by atoms with E-state index < -0.39 is 11.7 Å². The van der Waals surface area contributed by atoms with Gasteiger partial charge < -0.3 is 15.2 Å². The monoisotopic (exact) mass is 301 g/mol. The molecule has 0 aliphatic rings. The number of hydrogen-bond donors (Lipinski definition) is 2. The van der Waals surface area contributed by atoms with E-state index in [4.69, 9.17) is 16.7 Å². The van der Waals surface area contributed by atoms with Gasteiger partial charge in [0.05, 0.1) is 5.56 Å². The molecule has 1 heterocycles. The summed E-state index contributed by atoms with van der Waals surface area (Å²) in [5.74, 6) is 0.973. The molecule has 0 spiro atoms. The predicted octanol–water partition coefficient (Wildman–Crippen LogP) is 3.81. The number of benzene rings is 1. The smallest absolute Gasteiger partial charge is 0.360 e. The van der Waals surface area contributed by atoms with Crippen molar-refractivity contribution >= 4 is 28.8 Å². The highest BCUT2D eigenvalue weighted by atomic mass is 32.1. The first-order valence-electron chi connectivity index (χ1n) is 5.53. The zero-order valence-electron chi connectivity index (χ0n) is 10.3. The number of anilines is 2. The van der Waals surface area contributed by atoms with E-state index in [2.05, 4.69) is 15.8 Å². The first-order chi connectivity index (χ1) is 9.34. The third-order valence-electron chi connectivity index (χ3n) is 2.32. The number of halogens is 3. The molecule has 0 bridgehead atoms. The minimum atomic E-state index is -4.39. The molecule has 2 N–H and O–H groups in total. The second-order valence-corrected chi connectivity index (χ2v) is 4.39. The highest BCUT2D eigenvalue weighted by Crippen LogP contribution is 2.30. The number of aryl methyl sites for hydroxylation is 1. The van der Waals surface area contributed by atoms with Crippen LogP contribution in [-0.4, -0.2) is 10.3 Å². The minimum Gasteiger partial charge on any atom is -0.360 e. The molecule has 0 radical (unpaired) electrons. The number of thiocarbonyl (C=S) groups is 1. The largest absolute Gasteiger partial charge is 0.416 e. The van der Waals surface area contributed by atoms with E-state index in [0.717, 1.165) is 12.1 Å². The molecule has 4 nitrogen and oxygen atoms in total. The van der Waals surface area contributed by atoms with Crippen molar-refractivity contribution in [3.8, 4) is 0 Å². The highest BCUT2D eigenvalue weighted by Gasteiger charge is 2.30. The van der Waals surface area contributed by atoms with Gasteiger partial charge in [0.2, 0.25) is 0 Å². The lowest BCUT2D eigenvalue weighted by atomic mass is 10.2. The molecule has 0 saturated heterocycles. The van der Waals surface area contributed by atoms with Crippen LogP contribution in [0.25, 0.3) is 0 Å². The van der Waals surface area contributed by atoms with Crippen LogP contribution in [0.4, 0.5) is 24.7 Å². The molecule has 8 heteroatoms. The number of rotatable bonds is 2. The van der Waals surface area contributed by atoms with E-state index in [1.54, 1.807) is 13.0 Å². The number of nitrogens with one attached hydrogen (secondary N) is 2. The number of alkyl halides is 3. The van der Waals surface area contributed by atoms with Crippen molar-refractivity contribution in [1.29, 1.82) is 0 Å². The highest BCUT2D eigenvalue weighted by molar-refractivity contribution is 7.80. The average molecular weight is 301 g/mol. The molecule has 1 aromatic heterocycles. The molecule has 2 aromatic rings. The van der Waals surface area contributed by atoms with E-state index in [9.17, 15) is 13.2 Å². The Hall–Kier alpha value is -2.09. The first kappa shape index (κ1) is 14.3. The Labute approximate surface area is 118 Å². The summed E-state index contributed by atoms with van der Waals surface area (Å²) in [5.41, 5.74) is -0.514. The molecule has 0 fully saturated rings. The molecule has 1 aromatic carbocycles. The summed E-state index contributed by atoms with van der Waals surface area (Å²) in [7, 11) is 0. The SMILES string of the molecule is Cc1cc(NC(=S)Nc2cccc(C(F)(F)F)c2)no1. The summed E-state index contributed by atoms with van der Waals surface area (Å²) in [6.45, 7) is 1.71. The Bertz CT molecular complexity index is 624. The van der Waals surface area contributed by atoms with Crippen LogP contribution < -0.4 is 10.6 Å². The summed E-state index contributed by atoms with van der Waals surface area (Å²) < 4.78 is 42.5. The van der Waals surface area contributed by atoms with Crippen LogP contribution >= 0.6 is 12.2 Å². The van der Waals surface area contributed by atoms with E-state index in [1.807, 2.05) is 0 Å². The molecule has 20 heavy (non-hydrogen) atoms. The summed E-state index contributed by atoms with van der Waals surface area (Å²) in [6, 6.07) is 6.36. The Balaban J connectivity index is 2.04. The fraction of sp³-hybridized carbons (Fsp3) is 0.167. The fourth-order valence-corrected chi connectivity index (χ4v) is 1.70. The van der Waals surface area contributed by atoms with Crippen molar-refractivity contribution in [3.63, 3.8) is 0 Å². The van der Waals surface area contributed by atoms with Gasteiger partial charge in [-0.15, -0.1) is 0 Å². The molecule has 0 aliphatic carbocycles. The van der Waals surface area contributed by atoms with Gasteiger partial charge in [0.1, 0.15) is 5.76 Å². The lowest BCUT2D eigenvalue weighted by molar-refractivity contribution is -0.137. The van der Waals surface area contributed by atoms with Crippen LogP contribution in [0, 0.1) is 6.92 Å². The van der Waals surface area contributed by atoms with E-state index in [-0.39, 0.29) is 10.8 Å². The third kappa shape index (κ3) is 3.70. The molecular weight excluding hydrogens is 291 g/mol. The number of hydrogen-bond acceptors (Lipinski definition) is 3. The first-order valence-corrected chi connectivity index (χ1v) is 5.94. The zero-order valence-corrected chi connectivity index (χ0v) is 11.1. The van der Waals surface area contributed by atoms with Crippen LogP contribution in [0.15, 0.2) is 34.9 Å². The lowest BCUT2D eigenvalue weighted by Gasteiger charge is -2.11. The number of nitrogens with zero attached hydrogens (tertiary/aromatic N) is 1. The fourth-order valence-electron chi connectivity index (χ4n) is 1.48. The maximum Gasteiger partial charge on any atom is 0.416 e. The minimum absolute atomic E-state index is 0.123. The van der Waals surface area contributed by atoms with Crippen LogP contribution in [-0.2, 0) is 6.18 Å². The third-order valence-corrected chi connectivity index (χ3v) is 2.52. The Morgan fingerprint density at radius 1 is 1.25 bits per heavy atom. The maximum atomic E-state index is 12.6. The molecule has 106 valence electrons. The van der Waals surface area contributed by atoms with Gasteiger partial charge in [0.15, 0.2) is 10.9 Å². The predicted molar refractivity (Wildman–Crippen MR) is 72.5 cm³/mol. The van der Waals surface area contributed by atoms with Crippen LogP contribution in [0.2, 0.25) is 0 Å². The Morgan fingerprint density at radius 2 is 2.00 bits per heavy atom. The van der Waals surface area contributed by atoms with Crippen molar-refractivity contribution in [2.75, 3.05) is 10.6 Å². The molecular formula is C12H10F3N3OS. The standard InChI is InChI=1S/C12H10F3N3OS/c1-7-5-10(18-19-7)17-11(20)16-9-4-2-3-8(6-9)12(13,14)15/h2-6H,1H3,(H2,16,17,18,20). The molecule has 0 atom stereocenters. The van der Waals surface area contributed by atoms with Crippen LogP contribution in [0.3, 0.4) is 0 Å². The van der Waals surface area contributed by atoms with Crippen molar-refractivity contribution in [1.82, 2.24) is 5.16 Å². The van der Waals surface area contributed by atoms with Crippen molar-refractivity contribution in [2.45, 2.75) is 13.1 Å². The summed E-state index contributed by atoms with van der Waals surface area (Å²) in [5, 5.41) is 9.14. The van der Waals surface area contributed by atoms with Gasteiger partial charge in [-0.2, -0.15) is 13.2 Å². The average Bonchev–Trinajstić information content (AvgIpc) is 2.73. The Morgan fingerprint density at radius 3 is 2.60 bits per heavy atom. The molecule has 0 aliphatic heterocycles. The van der Waals surface area contributed by atoms with Crippen LogP contribution in [0.1, 0.15) is 11.3 Å². The molecule has 2 rings (SSSR count). The molecule has 0 saturated carbocycles. The van der Waals surface area contributed by atoms with Crippen molar-refractivity contribution in [3.05, 3.63) is 41.7 Å². The quantitative estimate of drug-likeness (QED) is 0.826. The normalized spacial score (nSPS) is 11.2. The van der Waals surface area contributed by atoms with Crippen molar-refractivity contribution in [2.24, 2.45) is 0 Å². The van der Waals surface area contributed by atoms with Gasteiger partial charge in [-0.3, -0.25) is 0 Å². The van der Waals surface area contributed by atoms with Gasteiger partial charge in [-0.25, -0.2) is 0 Å². The second-order valence-electron chi connectivity index (χ2n) is 3.98. The summed E-state index contributed by atoms with van der Waals surface area (Å²) in [6.07, 6.45) is -4.39. The second kappa shape index (κ2) is 5.49. The summed E-state index contributed by atoms with van der Waals surface area (Å²) >= 11 is 4.98. The van der Waals surface area contributed by atoms with E-state index in [1.165, 1.54) is 12.1 Å². The summed E-state index contributed by atoms with van der Waals surface area (Å²) in [4.78, 5) is 0. The topological polar surface area (TPSA) is 50.1 Å². The van der Waals surface area contributed by atoms with Crippen LogP contribution in [0.5, 0.6) is 0 Å². The van der Waals surface area contributed by atoms with E-state index in [0.29, 0.717) is 11.6 Å². The van der Waals surface area contributed by atoms with Gasteiger partial charge in [0, 0.05) is 11.8 Å². The van der Waals surface area contributed by atoms with Gasteiger partial charge >= 0.3 is 6.18 Å². The zero-order chi connectivity index (χ0) is 14.8. The Kier molecular flexibility index (Phi) is 3.93. The van der Waals surface area contributed by atoms with Gasteiger partial charge in [-0.1, -0.05) is 11.2 Å². The van der Waals surface area contributed by atoms with Gasteiger partial charge in [-0.05, 0) is 37.3 Å². The van der Waals surface area contributed by atoms with Crippen molar-refractivity contribution < 1.29 is 17.7 Å². The van der Waals surface area contributed by atoms with E-state index >= 15 is 0 Å². The number of aromatic nitrogens is 1. The maximum absolute atomic E-state index is 12.6. The van der Waals surface area contributed by atoms with Gasteiger partial charge in [0.25, 0.3) is 0 Å². The molecule has 0 unspecified atom stereocenters. The molecule has 0 amide bonds.